The third-order valence-corrected chi connectivity index (χ3v) is 7.15. The van der Waals surface area contributed by atoms with Crippen molar-refractivity contribution in [3.63, 3.8) is 0 Å². The largest absolute Gasteiger partial charge is 0.493 e. The molecule has 3 aromatic carbocycles. The van der Waals surface area contributed by atoms with Crippen molar-refractivity contribution in [3.8, 4) is 34.1 Å². The highest BCUT2D eigenvalue weighted by Crippen LogP contribution is 2.29. The van der Waals surface area contributed by atoms with Gasteiger partial charge in [0, 0.05) is 18.4 Å². The fourth-order valence-electron chi connectivity index (χ4n) is 4.31. The Morgan fingerprint density at radius 1 is 0.949 bits per heavy atom. The number of carbonyl (C=O) groups is 1. The molecule has 1 N–H and O–H groups in total. The van der Waals surface area contributed by atoms with Gasteiger partial charge in [-0.1, -0.05) is 42.5 Å². The molecular weight excluding hydrogens is 510 g/mol. The number of thiophene rings is 1. The highest BCUT2D eigenvalue weighted by atomic mass is 32.1. The Kier molecular flexibility index (Phi) is 7.79. The summed E-state index contributed by atoms with van der Waals surface area (Å²) in [5, 5.41) is 14.0. The number of para-hydroxylation sites is 1. The van der Waals surface area contributed by atoms with Gasteiger partial charge >= 0.3 is 5.97 Å². The lowest BCUT2D eigenvalue weighted by atomic mass is 9.96. The lowest BCUT2D eigenvalue weighted by Gasteiger charge is -2.26. The second kappa shape index (κ2) is 11.6. The minimum atomic E-state index is -1.39. The van der Waals surface area contributed by atoms with Crippen LogP contribution in [0.2, 0.25) is 0 Å². The highest BCUT2D eigenvalue weighted by Gasteiger charge is 2.36. The van der Waals surface area contributed by atoms with E-state index in [1.165, 1.54) is 5.56 Å². The summed E-state index contributed by atoms with van der Waals surface area (Å²) in [6.45, 7) is 3.94. The van der Waals surface area contributed by atoms with Crippen LogP contribution < -0.4 is 9.47 Å². The summed E-state index contributed by atoms with van der Waals surface area (Å²) in [5.74, 6) is 1.57. The molecule has 0 amide bonds. The zero-order valence-electron chi connectivity index (χ0n) is 21.8. The van der Waals surface area contributed by atoms with Gasteiger partial charge in [0.2, 0.25) is 11.5 Å². The molecule has 0 aliphatic rings. The third-order valence-electron chi connectivity index (χ3n) is 6.47. The third kappa shape index (κ3) is 6.38. The standard InChI is InChI=1S/C32H29NO5S/c1-22-29(33-30(37-22)25-8-6-7-24(19-25)26-16-18-39-21-26)15-17-36-27-13-11-23(12-14-27)20-32(2,31(34)35)38-28-9-4-3-5-10-28/h3-14,16,18-19,21H,15,17,20H2,1-2H3,(H,34,35). The smallest absolute Gasteiger partial charge is 0.348 e. The number of hydrogen-bond acceptors (Lipinski definition) is 6. The maximum absolute atomic E-state index is 12.0. The second-order valence-electron chi connectivity index (χ2n) is 9.49. The highest BCUT2D eigenvalue weighted by molar-refractivity contribution is 7.08. The van der Waals surface area contributed by atoms with Crippen LogP contribution in [-0.4, -0.2) is 28.3 Å². The van der Waals surface area contributed by atoms with Crippen molar-refractivity contribution in [3.05, 3.63) is 113 Å². The molecule has 2 aromatic heterocycles. The number of aromatic nitrogens is 1. The van der Waals surface area contributed by atoms with Gasteiger partial charge in [-0.25, -0.2) is 9.78 Å². The average Bonchev–Trinajstić information content (AvgIpc) is 3.61. The monoisotopic (exact) mass is 539 g/mol. The lowest BCUT2D eigenvalue weighted by Crippen LogP contribution is -2.43. The number of benzene rings is 3. The van der Waals surface area contributed by atoms with Gasteiger partial charge in [-0.3, -0.25) is 0 Å². The molecular formula is C32H29NO5S. The van der Waals surface area contributed by atoms with Crippen LogP contribution in [0.5, 0.6) is 11.5 Å². The van der Waals surface area contributed by atoms with Gasteiger partial charge in [-0.15, -0.1) is 0 Å². The number of aryl methyl sites for hydroxylation is 1. The summed E-state index contributed by atoms with van der Waals surface area (Å²) in [6, 6.07) is 26.7. The van der Waals surface area contributed by atoms with E-state index in [-0.39, 0.29) is 6.42 Å². The van der Waals surface area contributed by atoms with E-state index in [0.717, 1.165) is 28.1 Å². The van der Waals surface area contributed by atoms with E-state index in [9.17, 15) is 9.90 Å². The van der Waals surface area contributed by atoms with Crippen molar-refractivity contribution < 1.29 is 23.8 Å². The Morgan fingerprint density at radius 2 is 1.72 bits per heavy atom. The Morgan fingerprint density at radius 3 is 2.44 bits per heavy atom. The first-order chi connectivity index (χ1) is 18.9. The lowest BCUT2D eigenvalue weighted by molar-refractivity contribution is -0.153. The molecule has 1 atom stereocenters. The van der Waals surface area contributed by atoms with Crippen molar-refractivity contribution in [2.45, 2.75) is 32.3 Å². The molecule has 0 spiro atoms. The Bertz CT molecular complexity index is 1530. The van der Waals surface area contributed by atoms with Crippen LogP contribution in [0.3, 0.4) is 0 Å². The number of nitrogens with zero attached hydrogens (tertiary/aromatic N) is 1. The molecule has 0 bridgehead atoms. The maximum atomic E-state index is 12.0. The van der Waals surface area contributed by atoms with E-state index >= 15 is 0 Å². The van der Waals surface area contributed by atoms with Crippen molar-refractivity contribution in [2.24, 2.45) is 0 Å². The number of carboxylic acid groups (broad SMARTS) is 1. The first-order valence-corrected chi connectivity index (χ1v) is 13.6. The minimum absolute atomic E-state index is 0.214. The molecule has 0 aliphatic heterocycles. The molecule has 1 unspecified atom stereocenters. The second-order valence-corrected chi connectivity index (χ2v) is 10.3. The van der Waals surface area contributed by atoms with Gasteiger partial charge in [0.05, 0.1) is 12.3 Å². The van der Waals surface area contributed by atoms with Crippen LogP contribution in [0.25, 0.3) is 22.6 Å². The summed E-state index contributed by atoms with van der Waals surface area (Å²) in [5.41, 5.74) is 3.56. The molecule has 39 heavy (non-hydrogen) atoms. The molecule has 7 heteroatoms. The summed E-state index contributed by atoms with van der Waals surface area (Å²) >= 11 is 1.67. The topological polar surface area (TPSA) is 81.8 Å². The van der Waals surface area contributed by atoms with Crippen LogP contribution >= 0.6 is 11.3 Å². The number of rotatable bonds is 11. The van der Waals surface area contributed by atoms with Crippen molar-refractivity contribution in [2.75, 3.05) is 6.61 Å². The average molecular weight is 540 g/mol. The summed E-state index contributed by atoms with van der Waals surface area (Å²) < 4.78 is 17.8. The molecule has 0 radical (unpaired) electrons. The van der Waals surface area contributed by atoms with Crippen LogP contribution in [0.1, 0.15) is 23.9 Å². The zero-order valence-corrected chi connectivity index (χ0v) is 22.6. The van der Waals surface area contributed by atoms with Crippen LogP contribution in [0.4, 0.5) is 0 Å². The van der Waals surface area contributed by atoms with Gasteiger partial charge in [0.25, 0.3) is 0 Å². The molecule has 0 saturated carbocycles. The molecule has 0 aliphatic carbocycles. The summed E-state index contributed by atoms with van der Waals surface area (Å²) in [7, 11) is 0. The van der Waals surface area contributed by atoms with E-state index in [4.69, 9.17) is 18.9 Å². The molecule has 5 aromatic rings. The number of carboxylic acids is 1. The van der Waals surface area contributed by atoms with E-state index in [2.05, 4.69) is 29.0 Å². The molecule has 0 saturated heterocycles. The summed E-state index contributed by atoms with van der Waals surface area (Å²) in [4.78, 5) is 16.7. The van der Waals surface area contributed by atoms with Crippen molar-refractivity contribution >= 4 is 17.3 Å². The van der Waals surface area contributed by atoms with Crippen molar-refractivity contribution in [1.29, 1.82) is 0 Å². The van der Waals surface area contributed by atoms with E-state index < -0.39 is 11.6 Å². The predicted molar refractivity (Wildman–Crippen MR) is 152 cm³/mol. The van der Waals surface area contributed by atoms with E-state index in [1.807, 2.05) is 61.5 Å². The Balaban J connectivity index is 1.18. The molecule has 2 heterocycles. The summed E-state index contributed by atoms with van der Waals surface area (Å²) in [6.07, 6.45) is 0.815. The first kappa shape index (κ1) is 26.3. The quantitative estimate of drug-likeness (QED) is 0.188. The molecule has 0 fully saturated rings. The SMILES string of the molecule is Cc1oc(-c2cccc(-c3ccsc3)c2)nc1CCOc1ccc(CC(C)(Oc2ccccc2)C(=O)O)cc1. The fraction of sp³-hybridized carbons (Fsp3) is 0.188. The zero-order chi connectivity index (χ0) is 27.2. The van der Waals surface area contributed by atoms with Gasteiger partial charge in [-0.2, -0.15) is 11.3 Å². The number of ether oxygens (including phenoxy) is 2. The van der Waals surface area contributed by atoms with Crippen molar-refractivity contribution in [1.82, 2.24) is 4.98 Å². The number of oxazole rings is 1. The van der Waals surface area contributed by atoms with E-state index in [1.54, 1.807) is 30.4 Å². The van der Waals surface area contributed by atoms with Gasteiger partial charge in [-0.05, 0) is 83.8 Å². The van der Waals surface area contributed by atoms with Gasteiger partial charge < -0.3 is 19.0 Å². The maximum Gasteiger partial charge on any atom is 0.348 e. The Hall–Kier alpha value is -4.36. The Labute approximate surface area is 231 Å². The van der Waals surface area contributed by atoms with Crippen LogP contribution in [0.15, 0.2) is 100 Å². The molecule has 5 rings (SSSR count). The first-order valence-electron chi connectivity index (χ1n) is 12.7. The minimum Gasteiger partial charge on any atom is -0.493 e. The predicted octanol–water partition coefficient (Wildman–Crippen LogP) is 7.46. The number of hydrogen-bond donors (Lipinski definition) is 1. The van der Waals surface area contributed by atoms with Gasteiger partial charge in [0.1, 0.15) is 17.3 Å². The van der Waals surface area contributed by atoms with Crippen LogP contribution in [0, 0.1) is 6.92 Å². The molecule has 6 nitrogen and oxygen atoms in total. The van der Waals surface area contributed by atoms with Crippen LogP contribution in [-0.2, 0) is 17.6 Å². The van der Waals surface area contributed by atoms with Gasteiger partial charge in [0.15, 0.2) is 0 Å². The normalized spacial score (nSPS) is 12.6. The molecule has 198 valence electrons. The fourth-order valence-corrected chi connectivity index (χ4v) is 4.97. The van der Waals surface area contributed by atoms with E-state index in [0.29, 0.717) is 30.4 Å². The number of aliphatic carboxylic acids is 1.